The zero-order chi connectivity index (χ0) is 13.1. The molecule has 3 nitrogen and oxygen atoms in total. The van der Waals surface area contributed by atoms with Crippen molar-refractivity contribution >= 4 is 0 Å². The van der Waals surface area contributed by atoms with Gasteiger partial charge in [0.1, 0.15) is 0 Å². The van der Waals surface area contributed by atoms with E-state index in [-0.39, 0.29) is 17.8 Å². The molecule has 0 heterocycles. The lowest BCUT2D eigenvalue weighted by molar-refractivity contribution is -0.0994. The molecular weight excluding hydrogens is 216 g/mol. The van der Waals surface area contributed by atoms with Gasteiger partial charge in [-0.15, -0.1) is 0 Å². The smallest absolute Gasteiger partial charge is 0.0839 e. The molecule has 0 aromatic carbocycles. The van der Waals surface area contributed by atoms with E-state index in [2.05, 4.69) is 27.7 Å². The summed E-state index contributed by atoms with van der Waals surface area (Å²) >= 11 is 0. The molecule has 0 aromatic heterocycles. The third-order valence-corrected chi connectivity index (χ3v) is 3.89. The largest absolute Gasteiger partial charge is 0.390 e. The molecule has 102 valence electrons. The third kappa shape index (κ3) is 4.94. The van der Waals surface area contributed by atoms with E-state index in [1.54, 1.807) is 7.11 Å². The molecular formula is C14H28O3. The number of hydrogen-bond acceptors (Lipinski definition) is 3. The minimum atomic E-state index is -0.298. The van der Waals surface area contributed by atoms with Gasteiger partial charge in [-0.25, -0.2) is 0 Å². The lowest BCUT2D eigenvalue weighted by Crippen LogP contribution is -2.40. The van der Waals surface area contributed by atoms with Crippen LogP contribution in [0.25, 0.3) is 0 Å². The number of aliphatic hydroxyl groups is 1. The van der Waals surface area contributed by atoms with Crippen LogP contribution in [0.15, 0.2) is 0 Å². The predicted molar refractivity (Wildman–Crippen MR) is 69.1 cm³/mol. The maximum Gasteiger partial charge on any atom is 0.0839 e. The fourth-order valence-corrected chi connectivity index (χ4v) is 2.24. The SMILES string of the molecule is COC(C)(C)CCOC1CC(C)(C)CCC1O. The molecule has 1 fully saturated rings. The first-order chi connectivity index (χ1) is 7.76. The highest BCUT2D eigenvalue weighted by atomic mass is 16.5. The number of methoxy groups -OCH3 is 1. The number of hydrogen-bond donors (Lipinski definition) is 1. The molecule has 0 aromatic rings. The second-order valence-corrected chi connectivity index (χ2v) is 6.60. The molecule has 0 aliphatic heterocycles. The van der Waals surface area contributed by atoms with Crippen LogP contribution in [0.1, 0.15) is 53.4 Å². The quantitative estimate of drug-likeness (QED) is 0.808. The van der Waals surface area contributed by atoms with Gasteiger partial charge in [-0.05, 0) is 44.9 Å². The molecule has 1 saturated carbocycles. The highest BCUT2D eigenvalue weighted by Crippen LogP contribution is 2.36. The first-order valence-corrected chi connectivity index (χ1v) is 6.61. The Labute approximate surface area is 105 Å². The molecule has 0 spiro atoms. The summed E-state index contributed by atoms with van der Waals surface area (Å²) in [6.45, 7) is 9.25. The van der Waals surface area contributed by atoms with Crippen LogP contribution in [0, 0.1) is 5.41 Å². The highest BCUT2D eigenvalue weighted by molar-refractivity contribution is 4.85. The molecule has 1 N–H and O–H groups in total. The van der Waals surface area contributed by atoms with Gasteiger partial charge in [0.2, 0.25) is 0 Å². The van der Waals surface area contributed by atoms with E-state index in [4.69, 9.17) is 9.47 Å². The van der Waals surface area contributed by atoms with Crippen molar-refractivity contribution in [2.75, 3.05) is 13.7 Å². The lowest BCUT2D eigenvalue weighted by Gasteiger charge is -2.38. The van der Waals surface area contributed by atoms with Crippen LogP contribution in [0.5, 0.6) is 0 Å². The molecule has 1 aliphatic carbocycles. The van der Waals surface area contributed by atoms with Crippen molar-refractivity contribution in [2.24, 2.45) is 5.41 Å². The summed E-state index contributed by atoms with van der Waals surface area (Å²) < 4.78 is 11.2. The van der Waals surface area contributed by atoms with Crippen LogP contribution in [-0.2, 0) is 9.47 Å². The van der Waals surface area contributed by atoms with Crippen molar-refractivity contribution in [1.29, 1.82) is 0 Å². The van der Waals surface area contributed by atoms with Crippen molar-refractivity contribution in [3.8, 4) is 0 Å². The van der Waals surface area contributed by atoms with Gasteiger partial charge < -0.3 is 14.6 Å². The molecule has 0 bridgehead atoms. The predicted octanol–water partition coefficient (Wildman–Crippen LogP) is 2.76. The van der Waals surface area contributed by atoms with Crippen molar-refractivity contribution in [1.82, 2.24) is 0 Å². The van der Waals surface area contributed by atoms with Crippen molar-refractivity contribution in [3.63, 3.8) is 0 Å². The van der Waals surface area contributed by atoms with Gasteiger partial charge in [-0.3, -0.25) is 0 Å². The fourth-order valence-electron chi connectivity index (χ4n) is 2.24. The molecule has 0 radical (unpaired) electrons. The highest BCUT2D eigenvalue weighted by Gasteiger charge is 2.34. The van der Waals surface area contributed by atoms with Gasteiger partial charge in [0.15, 0.2) is 0 Å². The zero-order valence-electron chi connectivity index (χ0n) is 12.0. The molecule has 0 saturated heterocycles. The maximum atomic E-state index is 9.93. The van der Waals surface area contributed by atoms with E-state index in [0.717, 1.165) is 25.7 Å². The molecule has 1 rings (SSSR count). The summed E-state index contributed by atoms with van der Waals surface area (Å²) in [6, 6.07) is 0. The normalized spacial score (nSPS) is 29.3. The Hall–Kier alpha value is -0.120. The van der Waals surface area contributed by atoms with Crippen LogP contribution in [0.3, 0.4) is 0 Å². The number of ether oxygens (including phenoxy) is 2. The first kappa shape index (κ1) is 14.9. The Balaban J connectivity index is 2.35. The van der Waals surface area contributed by atoms with Crippen molar-refractivity contribution in [2.45, 2.75) is 71.2 Å². The second kappa shape index (κ2) is 5.68. The summed E-state index contributed by atoms with van der Waals surface area (Å²) in [5.74, 6) is 0. The summed E-state index contributed by atoms with van der Waals surface area (Å²) in [7, 11) is 1.72. The van der Waals surface area contributed by atoms with Crippen LogP contribution in [0.2, 0.25) is 0 Å². The second-order valence-electron chi connectivity index (χ2n) is 6.60. The van der Waals surface area contributed by atoms with Gasteiger partial charge in [-0.2, -0.15) is 0 Å². The number of aliphatic hydroxyl groups excluding tert-OH is 1. The lowest BCUT2D eigenvalue weighted by atomic mass is 9.75. The Morgan fingerprint density at radius 3 is 2.59 bits per heavy atom. The van der Waals surface area contributed by atoms with E-state index in [1.165, 1.54) is 0 Å². The molecule has 0 amide bonds. The maximum absolute atomic E-state index is 9.93. The summed E-state index contributed by atoms with van der Waals surface area (Å²) in [5, 5.41) is 9.93. The Morgan fingerprint density at radius 2 is 2.00 bits per heavy atom. The first-order valence-electron chi connectivity index (χ1n) is 6.61. The zero-order valence-corrected chi connectivity index (χ0v) is 12.0. The van der Waals surface area contributed by atoms with Crippen molar-refractivity contribution < 1.29 is 14.6 Å². The van der Waals surface area contributed by atoms with Crippen molar-refractivity contribution in [3.05, 3.63) is 0 Å². The monoisotopic (exact) mass is 244 g/mol. The van der Waals surface area contributed by atoms with E-state index >= 15 is 0 Å². The Morgan fingerprint density at radius 1 is 1.35 bits per heavy atom. The average molecular weight is 244 g/mol. The number of rotatable bonds is 5. The Kier molecular flexibility index (Phi) is 4.99. The van der Waals surface area contributed by atoms with E-state index in [1.807, 2.05) is 0 Å². The molecule has 1 aliphatic rings. The topological polar surface area (TPSA) is 38.7 Å². The minimum Gasteiger partial charge on any atom is -0.390 e. The van der Waals surface area contributed by atoms with Crippen LogP contribution < -0.4 is 0 Å². The van der Waals surface area contributed by atoms with Gasteiger partial charge >= 0.3 is 0 Å². The third-order valence-electron chi connectivity index (χ3n) is 3.89. The van der Waals surface area contributed by atoms with Crippen LogP contribution >= 0.6 is 0 Å². The van der Waals surface area contributed by atoms with Gasteiger partial charge in [0.25, 0.3) is 0 Å². The summed E-state index contributed by atoms with van der Waals surface area (Å²) in [5.41, 5.74) is 0.149. The Bertz CT molecular complexity index is 236. The summed E-state index contributed by atoms with van der Waals surface area (Å²) in [4.78, 5) is 0. The van der Waals surface area contributed by atoms with E-state index in [9.17, 15) is 5.11 Å². The average Bonchev–Trinajstić information content (AvgIpc) is 2.23. The summed E-state index contributed by atoms with van der Waals surface area (Å²) in [6.07, 6.45) is 3.43. The van der Waals surface area contributed by atoms with E-state index < -0.39 is 0 Å². The van der Waals surface area contributed by atoms with Gasteiger partial charge in [0.05, 0.1) is 17.8 Å². The fraction of sp³-hybridized carbons (Fsp3) is 1.00. The molecule has 3 heteroatoms. The van der Waals surface area contributed by atoms with Gasteiger partial charge in [0, 0.05) is 13.7 Å². The van der Waals surface area contributed by atoms with Gasteiger partial charge in [-0.1, -0.05) is 13.8 Å². The van der Waals surface area contributed by atoms with E-state index in [0.29, 0.717) is 12.0 Å². The standard InChI is InChI=1S/C14H28O3/c1-13(2)7-6-11(15)12(10-13)17-9-8-14(3,4)16-5/h11-12,15H,6-10H2,1-5H3. The molecule has 2 atom stereocenters. The molecule has 17 heavy (non-hydrogen) atoms. The van der Waals surface area contributed by atoms with Crippen LogP contribution in [-0.4, -0.2) is 36.6 Å². The molecule has 2 unspecified atom stereocenters. The van der Waals surface area contributed by atoms with Crippen LogP contribution in [0.4, 0.5) is 0 Å². The minimum absolute atomic E-state index is 0.00796.